The number of benzene rings is 7. The number of nitrogens with zero attached hydrogens (tertiary/aromatic N) is 5. The minimum Gasteiger partial charge on any atom is -0.384 e. The van der Waals surface area contributed by atoms with Gasteiger partial charge >= 0.3 is 0 Å². The van der Waals surface area contributed by atoms with Gasteiger partial charge in [-0.2, -0.15) is 0 Å². The van der Waals surface area contributed by atoms with Crippen molar-refractivity contribution in [3.8, 4) is 17.2 Å². The van der Waals surface area contributed by atoms with Crippen LogP contribution in [0.2, 0.25) is 0 Å². The normalized spacial score (nSPS) is 12.2. The van der Waals surface area contributed by atoms with Crippen LogP contribution in [0, 0.1) is 0 Å². The van der Waals surface area contributed by atoms with Gasteiger partial charge in [0.1, 0.15) is 17.3 Å². The Balaban J connectivity index is 1.11. The Hall–Kier alpha value is -7.83. The van der Waals surface area contributed by atoms with Crippen LogP contribution in [0.3, 0.4) is 0 Å². The second-order valence-corrected chi connectivity index (χ2v) is 15.0. The van der Waals surface area contributed by atoms with E-state index in [2.05, 4.69) is 206 Å². The van der Waals surface area contributed by atoms with Gasteiger partial charge in [-0.25, -0.2) is 4.98 Å². The van der Waals surface area contributed by atoms with Crippen LogP contribution in [0.1, 0.15) is 5.56 Å². The number of allylic oxidation sites excluding steroid dienone is 1. The van der Waals surface area contributed by atoms with E-state index in [-0.39, 0.29) is 0 Å². The quantitative estimate of drug-likeness (QED) is 0.184. The molecule has 5 aromatic heterocycles. The molecule has 7 aromatic carbocycles. The van der Waals surface area contributed by atoms with E-state index in [0.29, 0.717) is 6.54 Å². The topological polar surface area (TPSA) is 58.6 Å². The number of nitrogen functional groups attached to an aromatic ring is 1. The van der Waals surface area contributed by atoms with Gasteiger partial charge in [0.25, 0.3) is 0 Å². The van der Waals surface area contributed by atoms with Gasteiger partial charge in [0.2, 0.25) is 0 Å². The molecule has 0 bridgehead atoms. The number of fused-ring (bicyclic) bond motifs is 11. The summed E-state index contributed by atoms with van der Waals surface area (Å²) < 4.78 is 9.29. The molecule has 0 radical (unpaired) electrons. The lowest BCUT2D eigenvalue weighted by molar-refractivity contribution is 0.902. The largest absolute Gasteiger partial charge is 0.384 e. The minimum absolute atomic E-state index is 0.643. The van der Waals surface area contributed by atoms with Gasteiger partial charge in [-0.1, -0.05) is 133 Å². The average Bonchev–Trinajstić information content (AvgIpc) is 3.99. The highest BCUT2D eigenvalue weighted by Crippen LogP contribution is 2.41. The maximum absolute atomic E-state index is 7.00. The summed E-state index contributed by atoms with van der Waals surface area (Å²) >= 11 is 0. The lowest BCUT2D eigenvalue weighted by Crippen LogP contribution is -2.02. The molecule has 0 saturated heterocycles. The van der Waals surface area contributed by atoms with Gasteiger partial charge in [0.05, 0.1) is 27.6 Å². The number of pyridine rings is 1. The molecular weight excluding hydrogens is 709 g/mol. The molecule has 0 saturated carbocycles. The molecule has 5 heterocycles. The number of para-hydroxylation sites is 6. The van der Waals surface area contributed by atoms with Gasteiger partial charge in [-0.3, -0.25) is 13.7 Å². The molecule has 0 aliphatic rings. The molecule has 274 valence electrons. The summed E-state index contributed by atoms with van der Waals surface area (Å²) in [6, 6.07) is 64.5. The first-order valence-corrected chi connectivity index (χ1v) is 19.7. The van der Waals surface area contributed by atoms with E-state index >= 15 is 0 Å². The van der Waals surface area contributed by atoms with Crippen LogP contribution in [0.4, 0.5) is 5.82 Å². The van der Waals surface area contributed by atoms with Crippen molar-refractivity contribution in [3.05, 3.63) is 194 Å². The number of rotatable bonds is 6. The first-order chi connectivity index (χ1) is 28.7. The fourth-order valence-electron chi connectivity index (χ4n) is 9.40. The first-order valence-electron chi connectivity index (χ1n) is 19.7. The van der Waals surface area contributed by atoms with Crippen molar-refractivity contribution in [3.63, 3.8) is 0 Å². The third kappa shape index (κ3) is 4.63. The van der Waals surface area contributed by atoms with Gasteiger partial charge in [-0.15, -0.1) is 0 Å². The molecular formula is C52H36N6. The molecule has 12 rings (SSSR count). The van der Waals surface area contributed by atoms with Crippen molar-refractivity contribution < 1.29 is 0 Å². The molecule has 6 heteroatoms. The zero-order valence-electron chi connectivity index (χ0n) is 31.5. The number of aromatic nitrogens is 5. The zero-order chi connectivity index (χ0) is 38.3. The van der Waals surface area contributed by atoms with Crippen LogP contribution in [-0.4, -0.2) is 23.3 Å². The molecule has 0 aliphatic carbocycles. The monoisotopic (exact) mass is 744 g/mol. The van der Waals surface area contributed by atoms with Crippen molar-refractivity contribution in [1.82, 2.24) is 23.3 Å². The van der Waals surface area contributed by atoms with Crippen LogP contribution in [0.15, 0.2) is 188 Å². The van der Waals surface area contributed by atoms with Crippen molar-refractivity contribution in [2.24, 2.45) is 0 Å². The Morgan fingerprint density at radius 1 is 0.414 bits per heavy atom. The average molecular weight is 745 g/mol. The second kappa shape index (κ2) is 12.6. The van der Waals surface area contributed by atoms with E-state index in [9.17, 15) is 0 Å². The van der Waals surface area contributed by atoms with Crippen molar-refractivity contribution in [1.29, 1.82) is 0 Å². The number of hydrogen-bond acceptors (Lipinski definition) is 2. The molecule has 0 amide bonds. The summed E-state index contributed by atoms with van der Waals surface area (Å²) in [6.07, 6.45) is 4.46. The van der Waals surface area contributed by atoms with Gasteiger partial charge in [0.15, 0.2) is 0 Å². The molecule has 0 fully saturated rings. The Bertz CT molecular complexity index is 3600. The third-order valence-corrected chi connectivity index (χ3v) is 11.9. The Morgan fingerprint density at radius 3 is 1.57 bits per heavy atom. The summed E-state index contributed by atoms with van der Waals surface area (Å²) in [5.41, 5.74) is 17.9. The Kier molecular flexibility index (Phi) is 7.04. The maximum Gasteiger partial charge on any atom is 0.148 e. The van der Waals surface area contributed by atoms with Crippen LogP contribution in [0.25, 0.3) is 99.7 Å². The zero-order valence-corrected chi connectivity index (χ0v) is 31.5. The fraction of sp³-hybridized carbons (Fsp3) is 0.0192. The smallest absolute Gasteiger partial charge is 0.148 e. The third-order valence-electron chi connectivity index (χ3n) is 11.9. The second-order valence-electron chi connectivity index (χ2n) is 15.0. The molecule has 0 unspecified atom stereocenters. The van der Waals surface area contributed by atoms with Gasteiger partial charge in [0, 0.05) is 66.7 Å². The lowest BCUT2D eigenvalue weighted by atomic mass is 10.1. The number of anilines is 1. The van der Waals surface area contributed by atoms with E-state index in [1.54, 1.807) is 0 Å². The van der Waals surface area contributed by atoms with Crippen LogP contribution in [0.5, 0.6) is 0 Å². The van der Waals surface area contributed by atoms with E-state index in [4.69, 9.17) is 10.7 Å². The summed E-state index contributed by atoms with van der Waals surface area (Å²) in [5, 5.41) is 8.25. The summed E-state index contributed by atoms with van der Waals surface area (Å²) in [7, 11) is 0. The minimum atomic E-state index is 0.643. The van der Waals surface area contributed by atoms with Crippen molar-refractivity contribution >= 4 is 88.3 Å². The summed E-state index contributed by atoms with van der Waals surface area (Å²) in [5.74, 6) is 1.60. The van der Waals surface area contributed by atoms with Crippen LogP contribution in [-0.2, 0) is 6.54 Å². The fourth-order valence-corrected chi connectivity index (χ4v) is 9.40. The maximum atomic E-state index is 7.00. The Morgan fingerprint density at radius 2 is 0.897 bits per heavy atom. The van der Waals surface area contributed by atoms with Crippen molar-refractivity contribution in [2.45, 2.75) is 6.54 Å². The first kappa shape index (κ1) is 32.4. The van der Waals surface area contributed by atoms with Crippen molar-refractivity contribution in [2.75, 3.05) is 5.73 Å². The van der Waals surface area contributed by atoms with E-state index in [1.807, 2.05) is 6.07 Å². The number of nitrogens with two attached hydrogens (primary N) is 1. The predicted molar refractivity (Wildman–Crippen MR) is 243 cm³/mol. The standard InChI is InChI=1S/C52H36N6/c53-51-42(38-22-9-12-26-45(38)56(51)34-16-3-1-4-17-34)24-15-33-55-44-25-11-7-20-36(44)40-29-30-41-37-21-8-14-28-47(37)58(50(41)49(40)55)48-32-31-43-39-23-10-13-27-46(39)57(52(43)54-48)35-18-5-2-6-19-35/h1-32H,33,53H2/b24-15-. The molecule has 58 heavy (non-hydrogen) atoms. The highest BCUT2D eigenvalue weighted by molar-refractivity contribution is 6.23. The lowest BCUT2D eigenvalue weighted by Gasteiger charge is -2.12. The molecule has 12 aromatic rings. The van der Waals surface area contributed by atoms with Crippen LogP contribution >= 0.6 is 0 Å². The predicted octanol–water partition coefficient (Wildman–Crippen LogP) is 12.6. The van der Waals surface area contributed by atoms with Gasteiger partial charge in [-0.05, 0) is 60.7 Å². The molecule has 6 nitrogen and oxygen atoms in total. The molecule has 0 spiro atoms. The summed E-state index contributed by atoms with van der Waals surface area (Å²) in [4.78, 5) is 5.58. The number of hydrogen-bond donors (Lipinski definition) is 1. The molecule has 2 N–H and O–H groups in total. The SMILES string of the molecule is Nc1c(/C=C\Cn2c3ccccc3c3ccc4c5ccccc5n(-c5ccc6c7ccccc7n(-c7ccccc7)c6n5)c4c32)c2ccccc2n1-c1ccccc1. The highest BCUT2D eigenvalue weighted by Gasteiger charge is 2.22. The van der Waals surface area contributed by atoms with E-state index < -0.39 is 0 Å². The van der Waals surface area contributed by atoms with E-state index in [1.165, 1.54) is 38.0 Å². The molecule has 0 atom stereocenters. The Labute approximate surface area is 333 Å². The van der Waals surface area contributed by atoms with Gasteiger partial charge < -0.3 is 10.3 Å². The molecule has 0 aliphatic heterocycles. The highest BCUT2D eigenvalue weighted by atomic mass is 15.1. The summed E-state index contributed by atoms with van der Waals surface area (Å²) in [6.45, 7) is 0.643. The van der Waals surface area contributed by atoms with Crippen LogP contribution < -0.4 is 5.73 Å². The van der Waals surface area contributed by atoms with E-state index in [0.717, 1.165) is 67.1 Å².